The third kappa shape index (κ3) is 1.65. The fourth-order valence-corrected chi connectivity index (χ4v) is 1.30. The molecule has 6 heteroatoms. The molecule has 0 amide bonds. The van der Waals surface area contributed by atoms with Gasteiger partial charge in [0.05, 0.1) is 12.0 Å². The fraction of sp³-hybridized carbons (Fsp3) is 0.200. The Hall–Kier alpha value is -2.24. The number of aromatic nitrogens is 3. The molecule has 0 aliphatic heterocycles. The third-order valence-corrected chi connectivity index (χ3v) is 2.01. The first kappa shape index (κ1) is 10.3. The van der Waals surface area contributed by atoms with E-state index in [1.54, 1.807) is 19.1 Å². The molecule has 1 N–H and O–H groups in total. The summed E-state index contributed by atoms with van der Waals surface area (Å²) >= 11 is 0. The largest absolute Gasteiger partial charge is 0.461 e. The molecule has 82 valence electrons. The van der Waals surface area contributed by atoms with Crippen molar-refractivity contribution in [1.82, 2.24) is 15.2 Å². The quantitative estimate of drug-likeness (QED) is 0.743. The summed E-state index contributed by atoms with van der Waals surface area (Å²) in [6.07, 6.45) is 1.53. The summed E-state index contributed by atoms with van der Waals surface area (Å²) in [5, 5.41) is 6.51. The van der Waals surface area contributed by atoms with E-state index in [-0.39, 0.29) is 12.3 Å². The molecule has 2 aromatic rings. The van der Waals surface area contributed by atoms with Gasteiger partial charge in [-0.3, -0.25) is 9.89 Å². The van der Waals surface area contributed by atoms with Gasteiger partial charge in [0, 0.05) is 6.20 Å². The Morgan fingerprint density at radius 3 is 3.12 bits per heavy atom. The van der Waals surface area contributed by atoms with Crippen molar-refractivity contribution in [3.63, 3.8) is 0 Å². The van der Waals surface area contributed by atoms with Crippen LogP contribution in [0.5, 0.6) is 0 Å². The molecule has 0 spiro atoms. The molecule has 0 saturated heterocycles. The van der Waals surface area contributed by atoms with Gasteiger partial charge < -0.3 is 4.74 Å². The monoisotopic (exact) mass is 219 g/mol. The molecule has 0 aliphatic carbocycles. The average Bonchev–Trinajstić information content (AvgIpc) is 2.30. The van der Waals surface area contributed by atoms with Crippen molar-refractivity contribution in [2.24, 2.45) is 0 Å². The summed E-state index contributed by atoms with van der Waals surface area (Å²) in [5.74, 6) is -0.727. The molecule has 0 aliphatic rings. The lowest BCUT2D eigenvalue weighted by Crippen LogP contribution is -2.21. The highest BCUT2D eigenvalue weighted by Gasteiger charge is 2.15. The van der Waals surface area contributed by atoms with Gasteiger partial charge in [-0.15, -0.1) is 0 Å². The van der Waals surface area contributed by atoms with Crippen LogP contribution in [0.2, 0.25) is 0 Å². The number of pyridine rings is 1. The van der Waals surface area contributed by atoms with Gasteiger partial charge in [-0.05, 0) is 19.1 Å². The Bertz CT molecular complexity index is 591. The zero-order valence-corrected chi connectivity index (χ0v) is 8.56. The number of H-pyrrole nitrogens is 1. The number of carbonyl (C=O) groups is 1. The van der Waals surface area contributed by atoms with Crippen molar-refractivity contribution in [3.8, 4) is 0 Å². The minimum Gasteiger partial charge on any atom is -0.461 e. The van der Waals surface area contributed by atoms with Crippen LogP contribution in [-0.4, -0.2) is 27.8 Å². The van der Waals surface area contributed by atoms with Crippen molar-refractivity contribution < 1.29 is 9.53 Å². The smallest absolute Gasteiger partial charge is 0.362 e. The van der Waals surface area contributed by atoms with E-state index in [2.05, 4.69) is 15.2 Å². The minimum absolute atomic E-state index is 0.199. The minimum atomic E-state index is -0.727. The number of carbonyl (C=O) groups excluding carboxylic acids is 1. The van der Waals surface area contributed by atoms with Crippen molar-refractivity contribution in [2.75, 3.05) is 6.61 Å². The molecule has 0 saturated carbocycles. The number of nitrogens with one attached hydrogen (secondary N) is 1. The van der Waals surface area contributed by atoms with Gasteiger partial charge in [-0.25, -0.2) is 9.78 Å². The van der Waals surface area contributed by atoms with Crippen LogP contribution in [0.3, 0.4) is 0 Å². The third-order valence-electron chi connectivity index (χ3n) is 2.01. The summed E-state index contributed by atoms with van der Waals surface area (Å²) < 4.78 is 4.72. The van der Waals surface area contributed by atoms with Crippen molar-refractivity contribution in [3.05, 3.63) is 34.2 Å². The van der Waals surface area contributed by atoms with Gasteiger partial charge in [0.1, 0.15) is 0 Å². The van der Waals surface area contributed by atoms with E-state index in [1.165, 1.54) is 6.20 Å². The molecular formula is C10H9N3O3. The van der Waals surface area contributed by atoms with Crippen LogP contribution in [0.15, 0.2) is 23.1 Å². The zero-order valence-electron chi connectivity index (χ0n) is 8.56. The Labute approximate surface area is 90.3 Å². The second kappa shape index (κ2) is 4.09. The number of hydrogen-bond donors (Lipinski definition) is 1. The number of nitrogens with zero attached hydrogens (tertiary/aromatic N) is 2. The Kier molecular flexibility index (Phi) is 2.63. The number of fused-ring (bicyclic) bond motifs is 1. The van der Waals surface area contributed by atoms with Crippen LogP contribution in [0.4, 0.5) is 0 Å². The van der Waals surface area contributed by atoms with Gasteiger partial charge >= 0.3 is 5.97 Å². The standard InChI is InChI=1S/C10H9N3O3/c1-2-16-10(15)7-8(14)6-4-3-5-11-9(6)13-12-7/h3-5H,2H2,1H3,(H,11,13,14). The average molecular weight is 219 g/mol. The topological polar surface area (TPSA) is 84.9 Å². The summed E-state index contributed by atoms with van der Waals surface area (Å²) in [4.78, 5) is 27.1. The van der Waals surface area contributed by atoms with Crippen LogP contribution >= 0.6 is 0 Å². The SMILES string of the molecule is CCOC(=O)c1n[nH]c2ncccc2c1=O. The summed E-state index contributed by atoms with van der Waals surface area (Å²) in [7, 11) is 0. The normalized spacial score (nSPS) is 10.3. The van der Waals surface area contributed by atoms with E-state index in [0.29, 0.717) is 11.0 Å². The van der Waals surface area contributed by atoms with E-state index in [1.807, 2.05) is 0 Å². The Balaban J connectivity index is 2.61. The highest BCUT2D eigenvalue weighted by Crippen LogP contribution is 2.02. The van der Waals surface area contributed by atoms with Crippen LogP contribution < -0.4 is 5.43 Å². The predicted octanol–water partition coefficient (Wildman–Crippen LogP) is 0.495. The van der Waals surface area contributed by atoms with E-state index in [4.69, 9.17) is 4.74 Å². The molecule has 0 unspecified atom stereocenters. The molecule has 0 bridgehead atoms. The maximum Gasteiger partial charge on any atom is 0.362 e. The summed E-state index contributed by atoms with van der Waals surface area (Å²) in [6, 6.07) is 3.19. The maximum atomic E-state index is 11.8. The summed E-state index contributed by atoms with van der Waals surface area (Å²) in [5.41, 5.74) is -0.372. The van der Waals surface area contributed by atoms with E-state index >= 15 is 0 Å². The number of hydrogen-bond acceptors (Lipinski definition) is 5. The Morgan fingerprint density at radius 2 is 2.38 bits per heavy atom. The van der Waals surface area contributed by atoms with Gasteiger partial charge in [-0.2, -0.15) is 5.10 Å². The number of ether oxygens (including phenoxy) is 1. The van der Waals surface area contributed by atoms with E-state index < -0.39 is 11.4 Å². The fourth-order valence-electron chi connectivity index (χ4n) is 1.30. The lowest BCUT2D eigenvalue weighted by Gasteiger charge is -2.00. The molecule has 2 heterocycles. The number of aromatic amines is 1. The first-order valence-corrected chi connectivity index (χ1v) is 4.74. The maximum absolute atomic E-state index is 11.8. The molecular weight excluding hydrogens is 210 g/mol. The number of esters is 1. The first-order chi connectivity index (χ1) is 7.74. The highest BCUT2D eigenvalue weighted by atomic mass is 16.5. The van der Waals surface area contributed by atoms with Crippen molar-refractivity contribution in [1.29, 1.82) is 0 Å². The van der Waals surface area contributed by atoms with Gasteiger partial charge in [0.25, 0.3) is 0 Å². The lowest BCUT2D eigenvalue weighted by atomic mass is 10.2. The van der Waals surface area contributed by atoms with Gasteiger partial charge in [0.2, 0.25) is 11.1 Å². The zero-order chi connectivity index (χ0) is 11.5. The lowest BCUT2D eigenvalue weighted by molar-refractivity contribution is 0.0517. The van der Waals surface area contributed by atoms with Gasteiger partial charge in [-0.1, -0.05) is 0 Å². The molecule has 0 atom stereocenters. The number of rotatable bonds is 2. The molecule has 0 radical (unpaired) electrons. The van der Waals surface area contributed by atoms with Crippen LogP contribution in [0, 0.1) is 0 Å². The van der Waals surface area contributed by atoms with Gasteiger partial charge in [0.15, 0.2) is 5.65 Å². The molecule has 6 nitrogen and oxygen atoms in total. The van der Waals surface area contributed by atoms with Crippen molar-refractivity contribution >= 4 is 17.0 Å². The van der Waals surface area contributed by atoms with E-state index in [0.717, 1.165) is 0 Å². The second-order valence-corrected chi connectivity index (χ2v) is 3.02. The van der Waals surface area contributed by atoms with Crippen LogP contribution in [-0.2, 0) is 4.74 Å². The molecule has 2 aromatic heterocycles. The highest BCUT2D eigenvalue weighted by molar-refractivity contribution is 5.90. The molecule has 16 heavy (non-hydrogen) atoms. The predicted molar refractivity (Wildman–Crippen MR) is 56.1 cm³/mol. The van der Waals surface area contributed by atoms with Crippen molar-refractivity contribution in [2.45, 2.75) is 6.92 Å². The van der Waals surface area contributed by atoms with Crippen LogP contribution in [0.1, 0.15) is 17.4 Å². The molecule has 0 fully saturated rings. The van der Waals surface area contributed by atoms with E-state index in [9.17, 15) is 9.59 Å². The first-order valence-electron chi connectivity index (χ1n) is 4.74. The Morgan fingerprint density at radius 1 is 1.56 bits per heavy atom. The molecule has 0 aromatic carbocycles. The molecule has 2 rings (SSSR count). The summed E-state index contributed by atoms with van der Waals surface area (Å²) in [6.45, 7) is 1.86. The second-order valence-electron chi connectivity index (χ2n) is 3.02. The van der Waals surface area contributed by atoms with Crippen LogP contribution in [0.25, 0.3) is 11.0 Å².